The quantitative estimate of drug-likeness (QED) is 0.287. The van der Waals surface area contributed by atoms with Crippen LogP contribution >= 0.6 is 24.0 Å². The van der Waals surface area contributed by atoms with E-state index in [1.54, 1.807) is 11.8 Å². The first-order chi connectivity index (χ1) is 13.9. The minimum atomic E-state index is -3.42. The van der Waals surface area contributed by atoms with Crippen LogP contribution in [0, 0.1) is 0 Å². The summed E-state index contributed by atoms with van der Waals surface area (Å²) in [6.07, 6.45) is -0.301. The minimum absolute atomic E-state index is 0. The van der Waals surface area contributed by atoms with Crippen molar-refractivity contribution in [2.75, 3.05) is 51.6 Å². The molecule has 0 saturated carbocycles. The van der Waals surface area contributed by atoms with E-state index in [1.807, 2.05) is 42.2 Å². The van der Waals surface area contributed by atoms with Crippen molar-refractivity contribution in [2.24, 2.45) is 4.99 Å². The van der Waals surface area contributed by atoms with E-state index in [0.717, 1.165) is 5.56 Å². The van der Waals surface area contributed by atoms with Crippen molar-refractivity contribution in [3.05, 3.63) is 35.9 Å². The van der Waals surface area contributed by atoms with E-state index in [-0.39, 0.29) is 48.9 Å². The van der Waals surface area contributed by atoms with Crippen LogP contribution < -0.4 is 10.0 Å². The SMILES string of the molecule is CCNC(=NCCS(=O)(=O)NCc1ccccc1)N1CCN(C(=O)OCC)CC1.I. The fraction of sp³-hybridized carbons (Fsp3) is 0.579. The molecule has 1 aromatic carbocycles. The van der Waals surface area contributed by atoms with E-state index in [9.17, 15) is 13.2 Å². The average Bonchev–Trinajstić information content (AvgIpc) is 2.73. The fourth-order valence-electron chi connectivity index (χ4n) is 2.87. The number of aliphatic imine (C=N–C) groups is 1. The maximum absolute atomic E-state index is 12.2. The molecule has 2 rings (SSSR count). The Balaban J connectivity index is 0.00000450. The van der Waals surface area contributed by atoms with E-state index in [4.69, 9.17) is 4.74 Å². The topological polar surface area (TPSA) is 103 Å². The molecule has 0 aliphatic carbocycles. The lowest BCUT2D eigenvalue weighted by Crippen LogP contribution is -2.54. The second-order valence-electron chi connectivity index (χ2n) is 6.53. The zero-order valence-corrected chi connectivity index (χ0v) is 20.7. The highest BCUT2D eigenvalue weighted by Gasteiger charge is 2.23. The van der Waals surface area contributed by atoms with Crippen LogP contribution in [0.4, 0.5) is 4.79 Å². The molecule has 0 unspecified atom stereocenters. The van der Waals surface area contributed by atoms with E-state index < -0.39 is 10.0 Å². The molecule has 30 heavy (non-hydrogen) atoms. The van der Waals surface area contributed by atoms with E-state index in [2.05, 4.69) is 15.0 Å². The third-order valence-corrected chi connectivity index (χ3v) is 5.70. The van der Waals surface area contributed by atoms with Crippen LogP contribution in [0.2, 0.25) is 0 Å². The minimum Gasteiger partial charge on any atom is -0.450 e. The number of piperazine rings is 1. The highest BCUT2D eigenvalue weighted by atomic mass is 127. The second kappa shape index (κ2) is 13.7. The number of halogens is 1. The van der Waals surface area contributed by atoms with Crippen molar-refractivity contribution >= 4 is 46.1 Å². The van der Waals surface area contributed by atoms with Gasteiger partial charge in [0, 0.05) is 39.3 Å². The molecule has 1 heterocycles. The summed E-state index contributed by atoms with van der Waals surface area (Å²) in [6, 6.07) is 9.39. The maximum Gasteiger partial charge on any atom is 0.409 e. The normalized spacial score (nSPS) is 14.8. The van der Waals surface area contributed by atoms with Crippen molar-refractivity contribution in [3.63, 3.8) is 0 Å². The standard InChI is InChI=1S/C19H31N5O4S.HI/c1-3-20-18(23-11-13-24(14-12-23)19(25)28-4-2)21-10-15-29(26,27)22-16-17-8-6-5-7-9-17;/h5-9,22H,3-4,10-16H2,1-2H3,(H,20,21);1H. The Kier molecular flexibility index (Phi) is 12.0. The summed E-state index contributed by atoms with van der Waals surface area (Å²) >= 11 is 0. The van der Waals surface area contributed by atoms with Gasteiger partial charge in [-0.2, -0.15) is 0 Å². The number of hydrogen-bond acceptors (Lipinski definition) is 5. The Hall–Kier alpha value is -1.60. The van der Waals surface area contributed by atoms with Gasteiger partial charge in [0.15, 0.2) is 5.96 Å². The summed E-state index contributed by atoms with van der Waals surface area (Å²) in [7, 11) is -3.42. The van der Waals surface area contributed by atoms with Gasteiger partial charge in [0.05, 0.1) is 18.9 Å². The number of nitrogens with zero attached hydrogens (tertiary/aromatic N) is 3. The maximum atomic E-state index is 12.2. The lowest BCUT2D eigenvalue weighted by molar-refractivity contribution is 0.0914. The number of rotatable bonds is 8. The third-order valence-electron chi connectivity index (χ3n) is 4.40. The second-order valence-corrected chi connectivity index (χ2v) is 8.46. The molecule has 1 saturated heterocycles. The van der Waals surface area contributed by atoms with Gasteiger partial charge in [-0.3, -0.25) is 4.99 Å². The van der Waals surface area contributed by atoms with Crippen LogP contribution in [0.3, 0.4) is 0 Å². The molecular formula is C19H32IN5O4S. The number of carbonyl (C=O) groups is 1. The van der Waals surface area contributed by atoms with Gasteiger partial charge in [-0.05, 0) is 19.4 Å². The van der Waals surface area contributed by atoms with Crippen molar-refractivity contribution in [2.45, 2.75) is 20.4 Å². The molecule has 1 aliphatic heterocycles. The van der Waals surface area contributed by atoms with Gasteiger partial charge >= 0.3 is 6.09 Å². The van der Waals surface area contributed by atoms with E-state index in [0.29, 0.717) is 45.3 Å². The summed E-state index contributed by atoms with van der Waals surface area (Å²) in [5, 5.41) is 3.19. The van der Waals surface area contributed by atoms with Crippen LogP contribution in [0.5, 0.6) is 0 Å². The van der Waals surface area contributed by atoms with Gasteiger partial charge in [-0.1, -0.05) is 30.3 Å². The number of sulfonamides is 1. The first kappa shape index (κ1) is 26.4. The molecule has 1 amide bonds. The van der Waals surface area contributed by atoms with Crippen LogP contribution in [0.25, 0.3) is 0 Å². The molecule has 0 bridgehead atoms. The Morgan fingerprint density at radius 3 is 2.33 bits per heavy atom. The van der Waals surface area contributed by atoms with E-state index in [1.165, 1.54) is 0 Å². The number of nitrogens with one attached hydrogen (secondary N) is 2. The van der Waals surface area contributed by atoms with Crippen LogP contribution in [-0.4, -0.2) is 81.9 Å². The molecule has 0 atom stereocenters. The predicted octanol–water partition coefficient (Wildman–Crippen LogP) is 1.46. The molecule has 9 nitrogen and oxygen atoms in total. The van der Waals surface area contributed by atoms with Crippen molar-refractivity contribution < 1.29 is 17.9 Å². The first-order valence-electron chi connectivity index (χ1n) is 9.91. The van der Waals surface area contributed by atoms with Gasteiger partial charge in [0.25, 0.3) is 0 Å². The molecule has 170 valence electrons. The molecule has 1 aromatic rings. The van der Waals surface area contributed by atoms with Crippen molar-refractivity contribution in [3.8, 4) is 0 Å². The Morgan fingerprint density at radius 2 is 1.73 bits per heavy atom. The molecule has 1 fully saturated rings. The lowest BCUT2D eigenvalue weighted by atomic mass is 10.2. The number of ether oxygens (including phenoxy) is 1. The summed E-state index contributed by atoms with van der Waals surface area (Å²) in [6.45, 7) is 7.52. The van der Waals surface area contributed by atoms with Gasteiger partial charge in [0.2, 0.25) is 10.0 Å². The van der Waals surface area contributed by atoms with Gasteiger partial charge in [0.1, 0.15) is 0 Å². The summed E-state index contributed by atoms with van der Waals surface area (Å²) in [5.41, 5.74) is 0.910. The van der Waals surface area contributed by atoms with Gasteiger partial charge in [-0.15, -0.1) is 24.0 Å². The third kappa shape index (κ3) is 9.04. The fourth-order valence-corrected chi connectivity index (χ4v) is 3.74. The number of hydrogen-bond donors (Lipinski definition) is 2. The number of guanidine groups is 1. The number of amides is 1. The Labute approximate surface area is 196 Å². The van der Waals surface area contributed by atoms with Crippen LogP contribution in [0.1, 0.15) is 19.4 Å². The monoisotopic (exact) mass is 553 g/mol. The molecule has 0 spiro atoms. The zero-order chi connectivity index (χ0) is 21.1. The number of carbonyl (C=O) groups excluding carboxylic acids is 1. The Morgan fingerprint density at radius 1 is 1.10 bits per heavy atom. The molecule has 1 aliphatic rings. The molecule has 11 heteroatoms. The largest absolute Gasteiger partial charge is 0.450 e. The van der Waals surface area contributed by atoms with Crippen LogP contribution in [-0.2, 0) is 21.3 Å². The highest BCUT2D eigenvalue weighted by molar-refractivity contribution is 14.0. The Bertz CT molecular complexity index is 768. The molecular weight excluding hydrogens is 521 g/mol. The van der Waals surface area contributed by atoms with Gasteiger partial charge < -0.3 is 19.9 Å². The first-order valence-corrected chi connectivity index (χ1v) is 11.6. The summed E-state index contributed by atoms with van der Waals surface area (Å²) < 4.78 is 32.1. The van der Waals surface area contributed by atoms with E-state index >= 15 is 0 Å². The molecule has 0 aromatic heterocycles. The predicted molar refractivity (Wildman–Crippen MR) is 129 cm³/mol. The average molecular weight is 553 g/mol. The zero-order valence-electron chi connectivity index (χ0n) is 17.5. The van der Waals surface area contributed by atoms with Crippen molar-refractivity contribution in [1.82, 2.24) is 19.8 Å². The van der Waals surface area contributed by atoms with Gasteiger partial charge in [-0.25, -0.2) is 17.9 Å². The lowest BCUT2D eigenvalue weighted by Gasteiger charge is -2.35. The van der Waals surface area contributed by atoms with Crippen LogP contribution in [0.15, 0.2) is 35.3 Å². The highest BCUT2D eigenvalue weighted by Crippen LogP contribution is 2.05. The molecule has 2 N–H and O–H groups in total. The molecule has 0 radical (unpaired) electrons. The van der Waals surface area contributed by atoms with Crippen molar-refractivity contribution in [1.29, 1.82) is 0 Å². The summed E-state index contributed by atoms with van der Waals surface area (Å²) in [4.78, 5) is 20.0. The number of benzene rings is 1. The summed E-state index contributed by atoms with van der Waals surface area (Å²) in [5.74, 6) is 0.576. The smallest absolute Gasteiger partial charge is 0.409 e.